The van der Waals surface area contributed by atoms with Crippen molar-refractivity contribution in [3.05, 3.63) is 44.7 Å². The SMILES string of the molecule is O=C1c2cccnc2S(=O)(=O)N1Cc1sccc1Br. The number of fused-ring (bicyclic) bond motifs is 1. The highest BCUT2D eigenvalue weighted by Gasteiger charge is 2.42. The average Bonchev–Trinajstić information content (AvgIpc) is 2.87. The molecule has 0 saturated heterocycles. The lowest BCUT2D eigenvalue weighted by Gasteiger charge is -2.13. The number of amides is 1. The summed E-state index contributed by atoms with van der Waals surface area (Å²) in [5.74, 6) is -0.525. The first-order valence-corrected chi connectivity index (χ1v) is 8.37. The summed E-state index contributed by atoms with van der Waals surface area (Å²) in [6.07, 6.45) is 1.37. The van der Waals surface area contributed by atoms with Gasteiger partial charge in [-0.05, 0) is 39.5 Å². The molecular formula is C11H7BrN2O3S2. The topological polar surface area (TPSA) is 67.3 Å². The molecule has 8 heteroatoms. The van der Waals surface area contributed by atoms with Gasteiger partial charge in [0, 0.05) is 15.5 Å². The molecule has 98 valence electrons. The van der Waals surface area contributed by atoms with Crippen LogP contribution in [-0.4, -0.2) is 23.6 Å². The molecule has 0 aliphatic carbocycles. The molecule has 0 aromatic carbocycles. The first-order valence-electron chi connectivity index (χ1n) is 5.26. The molecule has 3 heterocycles. The Labute approximate surface area is 122 Å². The van der Waals surface area contributed by atoms with Crippen molar-refractivity contribution < 1.29 is 13.2 Å². The van der Waals surface area contributed by atoms with Crippen LogP contribution in [0.5, 0.6) is 0 Å². The fourth-order valence-electron chi connectivity index (χ4n) is 1.83. The van der Waals surface area contributed by atoms with Crippen molar-refractivity contribution in [2.24, 2.45) is 0 Å². The van der Waals surface area contributed by atoms with Crippen LogP contribution in [0.2, 0.25) is 0 Å². The largest absolute Gasteiger partial charge is 0.285 e. The van der Waals surface area contributed by atoms with Gasteiger partial charge in [-0.2, -0.15) is 8.42 Å². The Balaban J connectivity index is 2.06. The van der Waals surface area contributed by atoms with E-state index in [4.69, 9.17) is 0 Å². The van der Waals surface area contributed by atoms with E-state index in [0.717, 1.165) is 13.7 Å². The van der Waals surface area contributed by atoms with Gasteiger partial charge in [-0.15, -0.1) is 11.3 Å². The number of carbonyl (C=O) groups excluding carboxylic acids is 1. The summed E-state index contributed by atoms with van der Waals surface area (Å²) in [6.45, 7) is 0.0236. The molecule has 0 spiro atoms. The summed E-state index contributed by atoms with van der Waals surface area (Å²) < 4.78 is 26.2. The molecule has 0 atom stereocenters. The maximum absolute atomic E-state index is 12.3. The van der Waals surface area contributed by atoms with Gasteiger partial charge >= 0.3 is 0 Å². The predicted octanol–water partition coefficient (Wildman–Crippen LogP) is 2.25. The Hall–Kier alpha value is -1.25. The van der Waals surface area contributed by atoms with Crippen molar-refractivity contribution in [3.8, 4) is 0 Å². The highest BCUT2D eigenvalue weighted by Crippen LogP contribution is 2.32. The van der Waals surface area contributed by atoms with Gasteiger partial charge < -0.3 is 0 Å². The first kappa shape index (κ1) is 12.8. The van der Waals surface area contributed by atoms with Gasteiger partial charge in [-0.25, -0.2) is 9.29 Å². The monoisotopic (exact) mass is 358 g/mol. The number of sulfonamides is 1. The lowest BCUT2D eigenvalue weighted by molar-refractivity contribution is 0.0865. The number of nitrogens with zero attached hydrogens (tertiary/aromatic N) is 2. The van der Waals surface area contributed by atoms with E-state index in [0.29, 0.717) is 0 Å². The molecule has 0 saturated carbocycles. The fourth-order valence-corrected chi connectivity index (χ4v) is 4.83. The minimum atomic E-state index is -3.83. The molecule has 2 aromatic rings. The zero-order valence-corrected chi connectivity index (χ0v) is 12.6. The Bertz CT molecular complexity index is 770. The quantitative estimate of drug-likeness (QED) is 0.825. The fraction of sp³-hybridized carbons (Fsp3) is 0.0909. The van der Waals surface area contributed by atoms with Crippen LogP contribution in [0.4, 0.5) is 0 Å². The number of hydrogen-bond acceptors (Lipinski definition) is 5. The van der Waals surface area contributed by atoms with E-state index < -0.39 is 15.9 Å². The normalized spacial score (nSPS) is 16.7. The highest BCUT2D eigenvalue weighted by atomic mass is 79.9. The van der Waals surface area contributed by atoms with Crippen molar-refractivity contribution >= 4 is 43.2 Å². The summed E-state index contributed by atoms with van der Waals surface area (Å²) in [4.78, 5) is 16.7. The summed E-state index contributed by atoms with van der Waals surface area (Å²) in [5, 5.41) is 1.67. The molecule has 2 aromatic heterocycles. The van der Waals surface area contributed by atoms with Crippen molar-refractivity contribution in [3.63, 3.8) is 0 Å². The Kier molecular flexibility index (Phi) is 2.95. The Morgan fingerprint density at radius 1 is 1.37 bits per heavy atom. The molecule has 1 amide bonds. The van der Waals surface area contributed by atoms with Gasteiger partial charge in [0.15, 0.2) is 5.03 Å². The molecule has 1 aliphatic heterocycles. The molecule has 0 N–H and O–H groups in total. The van der Waals surface area contributed by atoms with Crippen molar-refractivity contribution in [2.75, 3.05) is 0 Å². The van der Waals surface area contributed by atoms with Crippen LogP contribution in [0.25, 0.3) is 0 Å². The second-order valence-electron chi connectivity index (χ2n) is 3.86. The van der Waals surface area contributed by atoms with Crippen molar-refractivity contribution in [2.45, 2.75) is 11.6 Å². The van der Waals surface area contributed by atoms with E-state index in [1.807, 2.05) is 11.4 Å². The maximum Gasteiger partial charge on any atom is 0.285 e. The zero-order valence-electron chi connectivity index (χ0n) is 9.41. The number of thiophene rings is 1. The molecule has 3 rings (SSSR count). The van der Waals surface area contributed by atoms with E-state index in [1.165, 1.54) is 23.6 Å². The van der Waals surface area contributed by atoms with Gasteiger partial charge in [0.05, 0.1) is 12.1 Å². The maximum atomic E-state index is 12.3. The van der Waals surface area contributed by atoms with Gasteiger partial charge in [-0.1, -0.05) is 0 Å². The van der Waals surface area contributed by atoms with Crippen LogP contribution in [0.15, 0.2) is 39.3 Å². The molecule has 1 aliphatic rings. The zero-order chi connectivity index (χ0) is 13.6. The number of hydrogen-bond donors (Lipinski definition) is 0. The third kappa shape index (κ3) is 1.90. The van der Waals surface area contributed by atoms with Crippen molar-refractivity contribution in [1.29, 1.82) is 0 Å². The van der Waals surface area contributed by atoms with Gasteiger partial charge in [0.2, 0.25) is 0 Å². The van der Waals surface area contributed by atoms with Crippen LogP contribution >= 0.6 is 27.3 Å². The number of halogens is 1. The second kappa shape index (κ2) is 4.39. The summed E-state index contributed by atoms with van der Waals surface area (Å²) in [7, 11) is -3.83. The first-order chi connectivity index (χ1) is 9.01. The summed E-state index contributed by atoms with van der Waals surface area (Å²) in [6, 6.07) is 4.85. The standard InChI is InChI=1S/C11H7BrN2O3S2/c12-8-3-5-18-9(8)6-14-11(15)7-2-1-4-13-10(7)19(14,16)17/h1-5H,6H2. The Morgan fingerprint density at radius 3 is 2.79 bits per heavy atom. The van der Waals surface area contributed by atoms with Gasteiger partial charge in [0.25, 0.3) is 15.9 Å². The number of pyridine rings is 1. The molecule has 0 radical (unpaired) electrons. The molecule has 19 heavy (non-hydrogen) atoms. The summed E-state index contributed by atoms with van der Waals surface area (Å²) in [5.41, 5.74) is 0.134. The molecule has 5 nitrogen and oxygen atoms in total. The third-order valence-corrected chi connectivity index (χ3v) is 6.34. The van der Waals surface area contributed by atoms with Crippen LogP contribution in [0.1, 0.15) is 15.2 Å². The van der Waals surface area contributed by atoms with Crippen LogP contribution in [0.3, 0.4) is 0 Å². The van der Waals surface area contributed by atoms with Crippen LogP contribution in [0, 0.1) is 0 Å². The van der Waals surface area contributed by atoms with Gasteiger partial charge in [0.1, 0.15) is 0 Å². The van der Waals surface area contributed by atoms with Crippen LogP contribution < -0.4 is 0 Å². The van der Waals surface area contributed by atoms with E-state index in [2.05, 4.69) is 20.9 Å². The molecule has 0 fully saturated rings. The average molecular weight is 359 g/mol. The van der Waals surface area contributed by atoms with E-state index in [-0.39, 0.29) is 17.1 Å². The number of rotatable bonds is 2. The van der Waals surface area contributed by atoms with Gasteiger partial charge in [-0.3, -0.25) is 4.79 Å². The summed E-state index contributed by atoms with van der Waals surface area (Å²) >= 11 is 4.72. The molecule has 0 bridgehead atoms. The van der Waals surface area contributed by atoms with E-state index >= 15 is 0 Å². The van der Waals surface area contributed by atoms with E-state index in [9.17, 15) is 13.2 Å². The molecular weight excluding hydrogens is 352 g/mol. The van der Waals surface area contributed by atoms with Crippen molar-refractivity contribution in [1.82, 2.24) is 9.29 Å². The lowest BCUT2D eigenvalue weighted by atomic mass is 10.2. The minimum absolute atomic E-state index is 0.0236. The highest BCUT2D eigenvalue weighted by molar-refractivity contribution is 9.10. The lowest BCUT2D eigenvalue weighted by Crippen LogP contribution is -2.29. The second-order valence-corrected chi connectivity index (χ2v) is 7.50. The predicted molar refractivity (Wildman–Crippen MR) is 73.3 cm³/mol. The molecule has 0 unspecified atom stereocenters. The minimum Gasteiger partial charge on any atom is -0.268 e. The number of aromatic nitrogens is 1. The van der Waals surface area contributed by atoms with Crippen LogP contribution in [-0.2, 0) is 16.6 Å². The smallest absolute Gasteiger partial charge is 0.268 e. The third-order valence-electron chi connectivity index (χ3n) is 2.74. The van der Waals surface area contributed by atoms with E-state index in [1.54, 1.807) is 6.07 Å². The Morgan fingerprint density at radius 2 is 2.16 bits per heavy atom. The number of carbonyl (C=O) groups is 1.